The van der Waals surface area contributed by atoms with Crippen LogP contribution in [0, 0.1) is 0 Å². The molecule has 0 saturated heterocycles. The van der Waals surface area contributed by atoms with Gasteiger partial charge in [-0.15, -0.1) is 0 Å². The summed E-state index contributed by atoms with van der Waals surface area (Å²) < 4.78 is 0. The number of rotatable bonds is 1. The molecule has 2 N–H and O–H groups in total. The Morgan fingerprint density at radius 2 is 2.25 bits per heavy atom. The molecule has 82 valence electrons. The van der Waals surface area contributed by atoms with Crippen molar-refractivity contribution in [3.63, 3.8) is 0 Å². The molecule has 16 heavy (non-hydrogen) atoms. The molecule has 5 heteroatoms. The summed E-state index contributed by atoms with van der Waals surface area (Å²) >= 11 is 0. The van der Waals surface area contributed by atoms with Crippen molar-refractivity contribution in [1.82, 2.24) is 19.9 Å². The van der Waals surface area contributed by atoms with E-state index in [0.717, 1.165) is 29.8 Å². The molecule has 0 aliphatic carbocycles. The maximum absolute atomic E-state index is 5.51. The van der Waals surface area contributed by atoms with Gasteiger partial charge >= 0.3 is 0 Å². The smallest absolute Gasteiger partial charge is 0.163 e. The highest BCUT2D eigenvalue weighted by atomic mass is 15.1. The van der Waals surface area contributed by atoms with Crippen molar-refractivity contribution in [3.8, 4) is 0 Å². The highest BCUT2D eigenvalue weighted by Crippen LogP contribution is 2.22. The van der Waals surface area contributed by atoms with Gasteiger partial charge < -0.3 is 5.73 Å². The van der Waals surface area contributed by atoms with Crippen LogP contribution in [0.1, 0.15) is 17.1 Å². The molecule has 5 nitrogen and oxygen atoms in total. The summed E-state index contributed by atoms with van der Waals surface area (Å²) in [5.41, 5.74) is 8.67. The molecule has 0 unspecified atom stereocenters. The standard InChI is InChI=1S/C11H13N5/c1-16-5-8-2-7-4-13-10(3-12)15-11(7)14-9(8)6-16/h2,4H,3,5-6,12H2,1H3. The fraction of sp³-hybridized carbons (Fsp3) is 0.364. The van der Waals surface area contributed by atoms with Crippen LogP contribution in [-0.2, 0) is 19.6 Å². The van der Waals surface area contributed by atoms with Gasteiger partial charge in [0, 0.05) is 24.7 Å². The first kappa shape index (κ1) is 9.62. The molecule has 2 aromatic heterocycles. The van der Waals surface area contributed by atoms with Crippen LogP contribution in [-0.4, -0.2) is 26.9 Å². The van der Waals surface area contributed by atoms with Crippen LogP contribution in [0.25, 0.3) is 11.0 Å². The van der Waals surface area contributed by atoms with E-state index in [1.165, 1.54) is 5.56 Å². The zero-order valence-corrected chi connectivity index (χ0v) is 9.14. The third kappa shape index (κ3) is 1.45. The minimum Gasteiger partial charge on any atom is -0.324 e. The first-order chi connectivity index (χ1) is 7.76. The Labute approximate surface area is 93.3 Å². The average Bonchev–Trinajstić information content (AvgIpc) is 2.64. The van der Waals surface area contributed by atoms with Crippen LogP contribution in [0.5, 0.6) is 0 Å². The predicted molar refractivity (Wildman–Crippen MR) is 60.4 cm³/mol. The molecule has 3 rings (SSSR count). The van der Waals surface area contributed by atoms with Gasteiger partial charge in [-0.1, -0.05) is 0 Å². The van der Waals surface area contributed by atoms with Crippen LogP contribution in [0.2, 0.25) is 0 Å². The molecule has 1 aliphatic heterocycles. The number of pyridine rings is 1. The van der Waals surface area contributed by atoms with Crippen LogP contribution in [0.15, 0.2) is 12.3 Å². The first-order valence-electron chi connectivity index (χ1n) is 5.29. The highest BCUT2D eigenvalue weighted by molar-refractivity contribution is 5.74. The van der Waals surface area contributed by atoms with Gasteiger partial charge in [-0.2, -0.15) is 0 Å². The zero-order chi connectivity index (χ0) is 11.1. The molecule has 0 aromatic carbocycles. The molecule has 0 fully saturated rings. The van der Waals surface area contributed by atoms with Gasteiger partial charge in [0.05, 0.1) is 12.2 Å². The summed E-state index contributed by atoms with van der Waals surface area (Å²) in [4.78, 5) is 15.3. The lowest BCUT2D eigenvalue weighted by Gasteiger charge is -2.02. The minimum absolute atomic E-state index is 0.356. The second-order valence-electron chi connectivity index (χ2n) is 4.17. The van der Waals surface area contributed by atoms with Gasteiger partial charge in [0.25, 0.3) is 0 Å². The maximum atomic E-state index is 5.51. The van der Waals surface area contributed by atoms with Crippen LogP contribution in [0.3, 0.4) is 0 Å². The SMILES string of the molecule is CN1Cc2cc3cnc(CN)nc3nc2C1. The normalized spacial score (nSPS) is 15.6. The molecule has 0 bridgehead atoms. The molecule has 0 spiro atoms. The Hall–Kier alpha value is -1.59. The van der Waals surface area contributed by atoms with Crippen molar-refractivity contribution in [3.05, 3.63) is 29.3 Å². The molecule has 3 heterocycles. The Morgan fingerprint density at radius 1 is 1.38 bits per heavy atom. The van der Waals surface area contributed by atoms with E-state index in [1.807, 2.05) is 0 Å². The average molecular weight is 215 g/mol. The van der Waals surface area contributed by atoms with E-state index in [1.54, 1.807) is 6.20 Å². The monoisotopic (exact) mass is 215 g/mol. The van der Waals surface area contributed by atoms with Crippen molar-refractivity contribution in [2.45, 2.75) is 19.6 Å². The Balaban J connectivity index is 2.18. The zero-order valence-electron chi connectivity index (χ0n) is 9.14. The Bertz CT molecular complexity index is 551. The number of aromatic nitrogens is 3. The van der Waals surface area contributed by atoms with E-state index in [0.29, 0.717) is 12.4 Å². The predicted octanol–water partition coefficient (Wildman–Crippen LogP) is 0.429. The lowest BCUT2D eigenvalue weighted by Crippen LogP contribution is -2.07. The summed E-state index contributed by atoms with van der Waals surface area (Å²) in [6.07, 6.45) is 1.80. The van der Waals surface area contributed by atoms with Crippen molar-refractivity contribution >= 4 is 11.0 Å². The molecule has 2 aromatic rings. The molecule has 0 atom stereocenters. The quantitative estimate of drug-likeness (QED) is 0.747. The van der Waals surface area contributed by atoms with Gasteiger partial charge in [0.2, 0.25) is 0 Å². The van der Waals surface area contributed by atoms with Crippen LogP contribution >= 0.6 is 0 Å². The van der Waals surface area contributed by atoms with Crippen molar-refractivity contribution in [2.24, 2.45) is 5.73 Å². The second kappa shape index (κ2) is 3.47. The fourth-order valence-corrected chi connectivity index (χ4v) is 2.05. The molecule has 0 radical (unpaired) electrons. The molecule has 0 amide bonds. The number of nitrogens with two attached hydrogens (primary N) is 1. The van der Waals surface area contributed by atoms with Crippen molar-refractivity contribution < 1.29 is 0 Å². The van der Waals surface area contributed by atoms with Crippen LogP contribution < -0.4 is 5.73 Å². The van der Waals surface area contributed by atoms with E-state index in [9.17, 15) is 0 Å². The summed E-state index contributed by atoms with van der Waals surface area (Å²) in [6.45, 7) is 2.21. The maximum Gasteiger partial charge on any atom is 0.163 e. The van der Waals surface area contributed by atoms with E-state index in [4.69, 9.17) is 5.73 Å². The second-order valence-corrected chi connectivity index (χ2v) is 4.17. The molecule has 0 saturated carbocycles. The third-order valence-electron chi connectivity index (χ3n) is 2.83. The fourth-order valence-electron chi connectivity index (χ4n) is 2.05. The van der Waals surface area contributed by atoms with E-state index in [-0.39, 0.29) is 0 Å². The number of hydrogen-bond acceptors (Lipinski definition) is 5. The van der Waals surface area contributed by atoms with Gasteiger partial charge in [-0.05, 0) is 18.7 Å². The lowest BCUT2D eigenvalue weighted by molar-refractivity contribution is 0.351. The number of fused-ring (bicyclic) bond motifs is 2. The Morgan fingerprint density at radius 3 is 3.06 bits per heavy atom. The summed E-state index contributed by atoms with van der Waals surface area (Å²) in [7, 11) is 2.09. The summed E-state index contributed by atoms with van der Waals surface area (Å²) in [6, 6.07) is 2.13. The lowest BCUT2D eigenvalue weighted by atomic mass is 10.2. The van der Waals surface area contributed by atoms with Gasteiger partial charge in [-0.3, -0.25) is 4.90 Å². The largest absolute Gasteiger partial charge is 0.324 e. The van der Waals surface area contributed by atoms with E-state index < -0.39 is 0 Å². The van der Waals surface area contributed by atoms with E-state index >= 15 is 0 Å². The first-order valence-corrected chi connectivity index (χ1v) is 5.29. The number of hydrogen-bond donors (Lipinski definition) is 1. The Kier molecular flexibility index (Phi) is 2.08. The van der Waals surface area contributed by atoms with Crippen LogP contribution in [0.4, 0.5) is 0 Å². The topological polar surface area (TPSA) is 67.9 Å². The molecule has 1 aliphatic rings. The molecular weight excluding hydrogens is 202 g/mol. The third-order valence-corrected chi connectivity index (χ3v) is 2.83. The summed E-state index contributed by atoms with van der Waals surface area (Å²) in [5.74, 6) is 0.645. The highest BCUT2D eigenvalue weighted by Gasteiger charge is 2.18. The van der Waals surface area contributed by atoms with Gasteiger partial charge in [-0.25, -0.2) is 15.0 Å². The minimum atomic E-state index is 0.356. The number of nitrogens with zero attached hydrogens (tertiary/aromatic N) is 4. The van der Waals surface area contributed by atoms with Crippen molar-refractivity contribution in [2.75, 3.05) is 7.05 Å². The van der Waals surface area contributed by atoms with Gasteiger partial charge in [0.15, 0.2) is 5.65 Å². The summed E-state index contributed by atoms with van der Waals surface area (Å²) in [5, 5.41) is 0.992. The molecular formula is C11H13N5. The van der Waals surface area contributed by atoms with Gasteiger partial charge in [0.1, 0.15) is 5.82 Å². The van der Waals surface area contributed by atoms with E-state index in [2.05, 4.69) is 33.0 Å². The van der Waals surface area contributed by atoms with Crippen molar-refractivity contribution in [1.29, 1.82) is 0 Å².